The molecule has 2 nitrogen and oxygen atoms in total. The maximum absolute atomic E-state index is 11.1. The first-order chi connectivity index (χ1) is 2.81. The molecule has 0 fully saturated rings. The summed E-state index contributed by atoms with van der Waals surface area (Å²) in [5.41, 5.74) is 4.85. The zero-order valence-electron chi connectivity index (χ0n) is 3.39. The van der Waals surface area contributed by atoms with Crippen molar-refractivity contribution in [1.82, 2.24) is 0 Å². The molecule has 0 aromatic heterocycles. The van der Waals surface area contributed by atoms with Gasteiger partial charge in [0.25, 0.3) is 0 Å². The van der Waals surface area contributed by atoms with Crippen LogP contribution < -0.4 is 5.73 Å². The van der Waals surface area contributed by atoms with Gasteiger partial charge in [0.15, 0.2) is 0 Å². The van der Waals surface area contributed by atoms with Gasteiger partial charge in [0.05, 0.1) is 12.6 Å². The van der Waals surface area contributed by atoms with Gasteiger partial charge in [-0.3, -0.25) is 0 Å². The number of aliphatic hydroxyl groups is 1. The lowest BCUT2D eigenvalue weighted by atomic mass is 10.4. The molecule has 0 bridgehead atoms. The van der Waals surface area contributed by atoms with E-state index >= 15 is 0 Å². The second-order valence-electron chi connectivity index (χ2n) is 1.10. The summed E-state index contributed by atoms with van der Waals surface area (Å²) < 4.78 is 11.1. The highest BCUT2D eigenvalue weighted by Gasteiger charge is 1.93. The van der Waals surface area contributed by atoms with E-state index in [1.165, 1.54) is 0 Å². The van der Waals surface area contributed by atoms with Crippen molar-refractivity contribution in [1.29, 1.82) is 0 Å². The Bertz CT molecular complexity index is 30.0. The van der Waals surface area contributed by atoms with Crippen molar-refractivity contribution in [2.24, 2.45) is 5.73 Å². The Hall–Kier alpha value is -0.150. The third kappa shape index (κ3) is 2.11. The average molecular weight is 92.1 g/mol. The van der Waals surface area contributed by atoms with Crippen LogP contribution >= 0.6 is 0 Å². The predicted molar refractivity (Wildman–Crippen MR) is 21.0 cm³/mol. The minimum atomic E-state index is -0.676. The topological polar surface area (TPSA) is 46.2 Å². The number of aliphatic hydroxyl groups excluding tert-OH is 1. The van der Waals surface area contributed by atoms with Gasteiger partial charge >= 0.3 is 0 Å². The van der Waals surface area contributed by atoms with E-state index < -0.39 is 12.7 Å². The summed E-state index contributed by atoms with van der Waals surface area (Å²) in [5, 5.41) is 7.97. The first kappa shape index (κ1) is 5.85. The van der Waals surface area contributed by atoms with Crippen molar-refractivity contribution in [2.75, 3.05) is 13.3 Å². The summed E-state index contributed by atoms with van der Waals surface area (Å²) in [6.45, 7) is -0.910. The fourth-order valence-electron chi connectivity index (χ4n) is 0.0488. The highest BCUT2D eigenvalue weighted by Crippen LogP contribution is 1.73. The summed E-state index contributed by atoms with van der Waals surface area (Å²) in [6, 6.07) is -0.676. The van der Waals surface area contributed by atoms with Crippen LogP contribution in [0.15, 0.2) is 0 Å². The molecule has 0 rings (SSSR count). The van der Waals surface area contributed by atoms with Crippen LogP contribution in [-0.2, 0) is 0 Å². The maximum Gasteiger partial charge on any atom is 0.107 e. The molecule has 0 aromatic rings. The smallest absolute Gasteiger partial charge is 0.107 e. The minimum absolute atomic E-state index is 0.267. The fourth-order valence-corrected chi connectivity index (χ4v) is 0.0488. The van der Waals surface area contributed by atoms with Gasteiger partial charge < -0.3 is 10.8 Å². The minimum Gasteiger partial charge on any atom is -0.395 e. The zero-order chi connectivity index (χ0) is 4.99. The van der Waals surface area contributed by atoms with Gasteiger partial charge in [-0.2, -0.15) is 0 Å². The molecular weight excluding hydrogens is 84.0 g/mol. The first-order valence-electron chi connectivity index (χ1n) is 1.73. The SMILES string of the molecule is N[C@@H](CO)C[18F]. The van der Waals surface area contributed by atoms with Crippen molar-refractivity contribution < 1.29 is 9.50 Å². The monoisotopic (exact) mass is 92.1 g/mol. The van der Waals surface area contributed by atoms with E-state index in [1.807, 2.05) is 0 Å². The fraction of sp³-hybridized carbons (Fsp3) is 1.00. The Labute approximate surface area is 35.8 Å². The largest absolute Gasteiger partial charge is 0.395 e. The van der Waals surface area contributed by atoms with Crippen molar-refractivity contribution in [2.45, 2.75) is 6.04 Å². The zero-order valence-corrected chi connectivity index (χ0v) is 3.39. The standard InChI is InChI=1S/C3H8FNO/c4-1-3(5)2-6/h3,6H,1-2,5H2/t3-/m1/s1/i4-1. The van der Waals surface area contributed by atoms with Gasteiger partial charge in [0.2, 0.25) is 0 Å². The Balaban J connectivity index is 2.75. The van der Waals surface area contributed by atoms with Gasteiger partial charge in [0, 0.05) is 0 Å². The molecule has 6 heavy (non-hydrogen) atoms. The van der Waals surface area contributed by atoms with Gasteiger partial charge in [-0.1, -0.05) is 0 Å². The van der Waals surface area contributed by atoms with Crippen LogP contribution in [0.3, 0.4) is 0 Å². The van der Waals surface area contributed by atoms with Crippen LogP contribution in [-0.4, -0.2) is 24.4 Å². The van der Waals surface area contributed by atoms with E-state index in [0.29, 0.717) is 0 Å². The molecule has 0 aromatic carbocycles. The van der Waals surface area contributed by atoms with E-state index in [1.54, 1.807) is 0 Å². The van der Waals surface area contributed by atoms with Crippen molar-refractivity contribution in [3.63, 3.8) is 0 Å². The van der Waals surface area contributed by atoms with Crippen LogP contribution in [0.25, 0.3) is 0 Å². The molecule has 38 valence electrons. The van der Waals surface area contributed by atoms with E-state index in [9.17, 15) is 4.39 Å². The molecule has 0 aliphatic heterocycles. The summed E-state index contributed by atoms with van der Waals surface area (Å²) in [5.74, 6) is 0. The van der Waals surface area contributed by atoms with Crippen LogP contribution in [0.5, 0.6) is 0 Å². The summed E-state index contributed by atoms with van der Waals surface area (Å²) in [6.07, 6.45) is 0. The molecule has 0 spiro atoms. The Morgan fingerprint density at radius 2 is 2.33 bits per heavy atom. The van der Waals surface area contributed by atoms with Crippen molar-refractivity contribution in [3.05, 3.63) is 0 Å². The average Bonchev–Trinajstić information content (AvgIpc) is 1.65. The number of hydrogen-bond acceptors (Lipinski definition) is 2. The Kier molecular flexibility index (Phi) is 2.98. The molecular formula is C3H8FNO. The molecule has 0 aliphatic carbocycles. The second-order valence-corrected chi connectivity index (χ2v) is 1.10. The lowest BCUT2D eigenvalue weighted by Gasteiger charge is -1.96. The molecule has 0 saturated carbocycles. The van der Waals surface area contributed by atoms with Crippen molar-refractivity contribution in [3.8, 4) is 0 Å². The van der Waals surface area contributed by atoms with Crippen LogP contribution in [0, 0.1) is 0 Å². The molecule has 3 N–H and O–H groups in total. The number of hydrogen-bond donors (Lipinski definition) is 2. The predicted octanol–water partition coefficient (Wildman–Crippen LogP) is -0.725. The molecule has 0 amide bonds. The molecule has 0 radical (unpaired) electrons. The van der Waals surface area contributed by atoms with Crippen LogP contribution in [0.2, 0.25) is 0 Å². The maximum atomic E-state index is 11.1. The van der Waals surface area contributed by atoms with Crippen LogP contribution in [0.4, 0.5) is 4.39 Å². The molecule has 0 saturated heterocycles. The molecule has 0 unspecified atom stereocenters. The first-order valence-corrected chi connectivity index (χ1v) is 1.73. The van der Waals surface area contributed by atoms with Gasteiger partial charge in [-0.15, -0.1) is 0 Å². The number of rotatable bonds is 2. The van der Waals surface area contributed by atoms with Gasteiger partial charge in [-0.25, -0.2) is 4.39 Å². The third-order valence-electron chi connectivity index (χ3n) is 0.433. The second kappa shape index (κ2) is 3.06. The summed E-state index contributed by atoms with van der Waals surface area (Å²) in [7, 11) is 0. The highest BCUT2D eigenvalue weighted by atomic mass is 18.2. The lowest BCUT2D eigenvalue weighted by molar-refractivity contribution is 0.242. The lowest BCUT2D eigenvalue weighted by Crippen LogP contribution is -2.26. The number of halogens is 1. The molecule has 0 aliphatic rings. The molecule has 1 atom stereocenters. The van der Waals surface area contributed by atoms with Crippen LogP contribution in [0.1, 0.15) is 0 Å². The Morgan fingerprint density at radius 1 is 1.83 bits per heavy atom. The van der Waals surface area contributed by atoms with E-state index in [-0.39, 0.29) is 6.61 Å². The van der Waals surface area contributed by atoms with E-state index in [0.717, 1.165) is 0 Å². The third-order valence-corrected chi connectivity index (χ3v) is 0.433. The van der Waals surface area contributed by atoms with Gasteiger partial charge in [0.1, 0.15) is 6.67 Å². The Morgan fingerprint density at radius 3 is 2.33 bits per heavy atom. The van der Waals surface area contributed by atoms with Gasteiger partial charge in [-0.05, 0) is 0 Å². The normalized spacial score (nSPS) is 14.5. The summed E-state index contributed by atoms with van der Waals surface area (Å²) >= 11 is 0. The van der Waals surface area contributed by atoms with E-state index in [2.05, 4.69) is 0 Å². The van der Waals surface area contributed by atoms with E-state index in [4.69, 9.17) is 10.8 Å². The quantitative estimate of drug-likeness (QED) is 0.472. The number of nitrogens with two attached hydrogens (primary N) is 1. The highest BCUT2D eigenvalue weighted by molar-refractivity contribution is 4.52. The number of alkyl halides is 1. The molecule has 0 heterocycles. The summed E-state index contributed by atoms with van der Waals surface area (Å²) in [4.78, 5) is 0. The van der Waals surface area contributed by atoms with Crippen molar-refractivity contribution >= 4 is 0 Å². The molecule has 3 heteroatoms.